The molecular formula is C29H24FN3O5. The maximum absolute atomic E-state index is 14.9. The molecule has 4 aromatic rings. The van der Waals surface area contributed by atoms with Gasteiger partial charge in [0.2, 0.25) is 5.78 Å². The molecule has 8 nitrogen and oxygen atoms in total. The summed E-state index contributed by atoms with van der Waals surface area (Å²) in [7, 11) is 3.44. The number of allylic oxidation sites excluding steroid dienone is 1. The molecule has 0 spiro atoms. The summed E-state index contributed by atoms with van der Waals surface area (Å²) in [5, 5.41) is 5.15. The number of hydrogen-bond acceptors (Lipinski definition) is 7. The number of nitrogens with zero attached hydrogens (tertiary/aromatic N) is 3. The minimum Gasteiger partial charge on any atom is -0.496 e. The van der Waals surface area contributed by atoms with E-state index in [1.807, 2.05) is 25.4 Å². The molecule has 0 amide bonds. The molecule has 9 heteroatoms. The van der Waals surface area contributed by atoms with Gasteiger partial charge in [0.15, 0.2) is 18.2 Å². The van der Waals surface area contributed by atoms with E-state index < -0.39 is 24.0 Å². The first-order valence-electron chi connectivity index (χ1n) is 11.9. The summed E-state index contributed by atoms with van der Waals surface area (Å²) in [6, 6.07) is 7.98. The lowest BCUT2D eigenvalue weighted by atomic mass is 9.84. The number of ether oxygens (including phenoxy) is 2. The number of halogens is 1. The Morgan fingerprint density at radius 2 is 1.97 bits per heavy atom. The quantitative estimate of drug-likeness (QED) is 0.271. The Bertz CT molecular complexity index is 1650. The molecule has 192 valence electrons. The van der Waals surface area contributed by atoms with Gasteiger partial charge in [-0.3, -0.25) is 24.0 Å². The van der Waals surface area contributed by atoms with Gasteiger partial charge in [0.25, 0.3) is 0 Å². The summed E-state index contributed by atoms with van der Waals surface area (Å²) in [6.07, 6.45) is 7.39. The summed E-state index contributed by atoms with van der Waals surface area (Å²) in [5.74, 6) is -1.26. The number of carbonyl (C=O) groups excluding carboxylic acids is 3. The molecule has 1 aliphatic rings. The van der Waals surface area contributed by atoms with Gasteiger partial charge in [-0.1, -0.05) is 0 Å². The number of benzene rings is 2. The Balaban J connectivity index is 1.50. The standard InChI is InChI=1S/C29H24FN3O5/c1-16(34)28(36)15-38-21-5-4-17(25(30)9-21)6-18-7-22-19(8-27(18)35)12-31-26-11-29(37-3)23(10-24(22)26)20-13-32-33(2)14-20/h4-6,9-14H,7-8,15H2,1-3H3/b18-6-. The highest BCUT2D eigenvalue weighted by Crippen LogP contribution is 2.37. The Morgan fingerprint density at radius 3 is 2.66 bits per heavy atom. The number of hydrogen-bond donors (Lipinski definition) is 0. The van der Waals surface area contributed by atoms with Gasteiger partial charge in [0.1, 0.15) is 17.3 Å². The van der Waals surface area contributed by atoms with Crippen LogP contribution in [-0.2, 0) is 34.3 Å². The molecule has 0 fully saturated rings. The molecule has 0 saturated heterocycles. The van der Waals surface area contributed by atoms with Gasteiger partial charge in [-0.25, -0.2) is 4.39 Å². The average molecular weight is 514 g/mol. The molecule has 2 aromatic carbocycles. The van der Waals surface area contributed by atoms with Crippen molar-refractivity contribution in [1.29, 1.82) is 0 Å². The normalized spacial score (nSPS) is 14.0. The summed E-state index contributed by atoms with van der Waals surface area (Å²) in [6.45, 7) is 0.688. The maximum Gasteiger partial charge on any atom is 0.235 e. The second-order valence-corrected chi connectivity index (χ2v) is 9.13. The molecule has 0 unspecified atom stereocenters. The van der Waals surface area contributed by atoms with Crippen molar-refractivity contribution < 1.29 is 28.2 Å². The fourth-order valence-electron chi connectivity index (χ4n) is 4.49. The lowest BCUT2D eigenvalue weighted by molar-refractivity contribution is -0.136. The van der Waals surface area contributed by atoms with E-state index in [1.165, 1.54) is 12.1 Å². The number of aryl methyl sites for hydroxylation is 1. The summed E-state index contributed by atoms with van der Waals surface area (Å²) < 4.78 is 27.4. The van der Waals surface area contributed by atoms with Gasteiger partial charge in [-0.2, -0.15) is 5.10 Å². The monoisotopic (exact) mass is 513 g/mol. The minimum absolute atomic E-state index is 0.105. The smallest absolute Gasteiger partial charge is 0.235 e. The molecule has 2 aromatic heterocycles. The molecule has 0 radical (unpaired) electrons. The van der Waals surface area contributed by atoms with Gasteiger partial charge in [0, 0.05) is 79.0 Å². The third-order valence-corrected chi connectivity index (χ3v) is 6.55. The van der Waals surface area contributed by atoms with Crippen LogP contribution in [0.25, 0.3) is 28.1 Å². The molecule has 0 bridgehead atoms. The predicted octanol–water partition coefficient (Wildman–Crippen LogP) is 4.07. The van der Waals surface area contributed by atoms with Gasteiger partial charge >= 0.3 is 0 Å². The van der Waals surface area contributed by atoms with Crippen LogP contribution in [0.3, 0.4) is 0 Å². The second-order valence-electron chi connectivity index (χ2n) is 9.13. The fourth-order valence-corrected chi connectivity index (χ4v) is 4.49. The van der Waals surface area contributed by atoms with E-state index in [2.05, 4.69) is 10.1 Å². The first-order valence-corrected chi connectivity index (χ1v) is 11.9. The van der Waals surface area contributed by atoms with Crippen LogP contribution in [0.4, 0.5) is 4.39 Å². The highest BCUT2D eigenvalue weighted by atomic mass is 19.1. The number of pyridine rings is 1. The minimum atomic E-state index is -0.700. The van der Waals surface area contributed by atoms with Crippen molar-refractivity contribution >= 4 is 34.3 Å². The molecular weight excluding hydrogens is 489 g/mol. The molecule has 0 saturated carbocycles. The summed E-state index contributed by atoms with van der Waals surface area (Å²) >= 11 is 0. The third-order valence-electron chi connectivity index (χ3n) is 6.55. The third kappa shape index (κ3) is 4.82. The van der Waals surface area contributed by atoms with Gasteiger partial charge < -0.3 is 9.47 Å². The van der Waals surface area contributed by atoms with E-state index in [-0.39, 0.29) is 23.5 Å². The number of Topliss-reactive ketones (excluding diaryl/α,β-unsaturated/α-hetero) is 3. The Morgan fingerprint density at radius 1 is 1.16 bits per heavy atom. The Hall–Kier alpha value is -4.66. The first-order chi connectivity index (χ1) is 18.2. The van der Waals surface area contributed by atoms with Gasteiger partial charge in [0.05, 0.1) is 18.8 Å². The maximum atomic E-state index is 14.9. The topological polar surface area (TPSA) is 100 Å². The second kappa shape index (κ2) is 10.0. The number of carbonyl (C=O) groups is 3. The van der Waals surface area contributed by atoms with E-state index in [9.17, 15) is 18.8 Å². The van der Waals surface area contributed by atoms with Crippen molar-refractivity contribution in [2.45, 2.75) is 19.8 Å². The molecule has 38 heavy (non-hydrogen) atoms. The van der Waals surface area contributed by atoms with Crippen molar-refractivity contribution in [2.24, 2.45) is 7.05 Å². The average Bonchev–Trinajstić information content (AvgIpc) is 3.34. The SMILES string of the molecule is COc1cc2ncc3c(c2cc1-c1cnn(C)c1)C/C(=C/c1ccc(OCC(=O)C(C)=O)cc1F)C(=O)C3. The number of rotatable bonds is 7. The summed E-state index contributed by atoms with van der Waals surface area (Å²) in [4.78, 5) is 40.1. The first kappa shape index (κ1) is 25.0. The van der Waals surface area contributed by atoms with Crippen LogP contribution in [0.15, 0.2) is 54.5 Å². The van der Waals surface area contributed by atoms with Crippen molar-refractivity contribution in [1.82, 2.24) is 14.8 Å². The Labute approximate surface area is 217 Å². The summed E-state index contributed by atoms with van der Waals surface area (Å²) in [5.41, 5.74) is 4.96. The molecule has 0 N–H and O–H groups in total. The highest BCUT2D eigenvalue weighted by Gasteiger charge is 2.24. The lowest BCUT2D eigenvalue weighted by Gasteiger charge is -2.20. The van der Waals surface area contributed by atoms with Crippen LogP contribution in [0.5, 0.6) is 11.5 Å². The molecule has 1 aliphatic carbocycles. The number of ketones is 3. The highest BCUT2D eigenvalue weighted by molar-refractivity contribution is 6.36. The molecule has 0 aliphatic heterocycles. The van der Waals surface area contributed by atoms with Crippen LogP contribution >= 0.6 is 0 Å². The van der Waals surface area contributed by atoms with Crippen LogP contribution < -0.4 is 9.47 Å². The molecule has 0 atom stereocenters. The van der Waals surface area contributed by atoms with Crippen molar-refractivity contribution in [3.05, 3.63) is 77.0 Å². The molecule has 2 heterocycles. The predicted molar refractivity (Wildman–Crippen MR) is 138 cm³/mol. The van der Waals surface area contributed by atoms with Crippen molar-refractivity contribution in [2.75, 3.05) is 13.7 Å². The van der Waals surface area contributed by atoms with Gasteiger partial charge in [-0.15, -0.1) is 0 Å². The zero-order chi connectivity index (χ0) is 27.0. The molecule has 5 rings (SSSR count). The fraction of sp³-hybridized carbons (Fsp3) is 0.207. The van der Waals surface area contributed by atoms with Crippen LogP contribution in [-0.4, -0.2) is 45.8 Å². The van der Waals surface area contributed by atoms with Crippen LogP contribution in [0.2, 0.25) is 0 Å². The Kier molecular flexibility index (Phi) is 6.59. The van der Waals surface area contributed by atoms with Crippen molar-refractivity contribution in [3.8, 4) is 22.6 Å². The number of methoxy groups -OCH3 is 1. The van der Waals surface area contributed by atoms with E-state index in [0.717, 1.165) is 46.1 Å². The zero-order valence-electron chi connectivity index (χ0n) is 21.1. The van der Waals surface area contributed by atoms with E-state index in [1.54, 1.807) is 30.3 Å². The largest absolute Gasteiger partial charge is 0.496 e. The zero-order valence-corrected chi connectivity index (χ0v) is 21.1. The lowest BCUT2D eigenvalue weighted by Crippen LogP contribution is -2.18. The number of fused-ring (bicyclic) bond motifs is 3. The van der Waals surface area contributed by atoms with E-state index in [0.29, 0.717) is 17.7 Å². The van der Waals surface area contributed by atoms with E-state index >= 15 is 0 Å². The van der Waals surface area contributed by atoms with E-state index in [4.69, 9.17) is 9.47 Å². The van der Waals surface area contributed by atoms with Crippen LogP contribution in [0, 0.1) is 5.82 Å². The van der Waals surface area contributed by atoms with Gasteiger partial charge in [-0.05, 0) is 35.4 Å². The van der Waals surface area contributed by atoms with Crippen LogP contribution in [0.1, 0.15) is 23.6 Å². The van der Waals surface area contributed by atoms with Crippen molar-refractivity contribution in [3.63, 3.8) is 0 Å². The number of aromatic nitrogens is 3.